The van der Waals surface area contributed by atoms with Gasteiger partial charge < -0.3 is 25.5 Å². The SMILES string of the molecule is OC(O)(O)C(O)(O)c1ccccc1. The van der Waals surface area contributed by atoms with Crippen molar-refractivity contribution in [1.29, 1.82) is 0 Å². The van der Waals surface area contributed by atoms with Gasteiger partial charge in [0.25, 0.3) is 5.79 Å². The number of rotatable bonds is 2. The van der Waals surface area contributed by atoms with Crippen LogP contribution in [-0.2, 0) is 5.79 Å². The first-order valence-corrected chi connectivity index (χ1v) is 3.53. The summed E-state index contributed by atoms with van der Waals surface area (Å²) in [6, 6.07) is 6.99. The van der Waals surface area contributed by atoms with Gasteiger partial charge in [-0.1, -0.05) is 30.3 Å². The van der Waals surface area contributed by atoms with E-state index in [-0.39, 0.29) is 5.56 Å². The fraction of sp³-hybridized carbons (Fsp3) is 0.250. The number of hydrogen-bond acceptors (Lipinski definition) is 5. The van der Waals surface area contributed by atoms with Crippen molar-refractivity contribution < 1.29 is 25.5 Å². The van der Waals surface area contributed by atoms with Gasteiger partial charge in [0.2, 0.25) is 0 Å². The summed E-state index contributed by atoms with van der Waals surface area (Å²) in [5.74, 6) is -6.69. The zero-order valence-electron chi connectivity index (χ0n) is 6.62. The van der Waals surface area contributed by atoms with Crippen LogP contribution in [0.3, 0.4) is 0 Å². The molecule has 0 aromatic heterocycles. The maximum atomic E-state index is 9.13. The van der Waals surface area contributed by atoms with Crippen molar-refractivity contribution >= 4 is 0 Å². The summed E-state index contributed by atoms with van der Waals surface area (Å²) in [4.78, 5) is 0. The highest BCUT2D eigenvalue weighted by atomic mass is 16.7. The van der Waals surface area contributed by atoms with Crippen LogP contribution in [0.15, 0.2) is 30.3 Å². The van der Waals surface area contributed by atoms with Crippen LogP contribution in [0, 0.1) is 0 Å². The highest BCUT2D eigenvalue weighted by Crippen LogP contribution is 2.26. The Morgan fingerprint density at radius 2 is 1.23 bits per heavy atom. The summed E-state index contributed by atoms with van der Waals surface area (Å²) >= 11 is 0. The third-order valence-corrected chi connectivity index (χ3v) is 1.64. The maximum Gasteiger partial charge on any atom is 0.337 e. The van der Waals surface area contributed by atoms with Crippen molar-refractivity contribution in [2.24, 2.45) is 0 Å². The predicted molar refractivity (Wildman–Crippen MR) is 41.9 cm³/mol. The lowest BCUT2D eigenvalue weighted by molar-refractivity contribution is -0.454. The zero-order valence-corrected chi connectivity index (χ0v) is 6.62. The van der Waals surface area contributed by atoms with Crippen molar-refractivity contribution in [3.05, 3.63) is 35.9 Å². The molecule has 5 heteroatoms. The molecule has 1 aromatic rings. The minimum Gasteiger partial charge on any atom is -0.356 e. The van der Waals surface area contributed by atoms with Gasteiger partial charge in [0.1, 0.15) is 0 Å². The molecule has 0 fully saturated rings. The summed E-state index contributed by atoms with van der Waals surface area (Å²) in [6.07, 6.45) is 0. The van der Waals surface area contributed by atoms with Crippen LogP contribution in [0.2, 0.25) is 0 Å². The Morgan fingerprint density at radius 3 is 1.62 bits per heavy atom. The second-order valence-corrected chi connectivity index (χ2v) is 2.67. The summed E-state index contributed by atoms with van der Waals surface area (Å²) < 4.78 is 0. The zero-order chi connectivity index (χ0) is 10.1. The Balaban J connectivity index is 3.08. The van der Waals surface area contributed by atoms with Gasteiger partial charge in [-0.15, -0.1) is 0 Å². The fourth-order valence-corrected chi connectivity index (χ4v) is 0.864. The molecule has 0 spiro atoms. The molecule has 0 aliphatic carbocycles. The van der Waals surface area contributed by atoms with Crippen LogP contribution in [0.5, 0.6) is 0 Å². The van der Waals surface area contributed by atoms with Gasteiger partial charge in [0.05, 0.1) is 0 Å². The Kier molecular flexibility index (Phi) is 2.38. The fourth-order valence-electron chi connectivity index (χ4n) is 0.864. The largest absolute Gasteiger partial charge is 0.356 e. The van der Waals surface area contributed by atoms with E-state index in [1.54, 1.807) is 6.07 Å². The monoisotopic (exact) mass is 186 g/mol. The first kappa shape index (κ1) is 10.1. The minimum atomic E-state index is -3.59. The third-order valence-electron chi connectivity index (χ3n) is 1.64. The molecule has 1 aromatic carbocycles. The van der Waals surface area contributed by atoms with E-state index in [0.29, 0.717) is 0 Å². The molecular formula is C8H10O5. The topological polar surface area (TPSA) is 101 Å². The van der Waals surface area contributed by atoms with E-state index in [0.717, 1.165) is 0 Å². The molecule has 13 heavy (non-hydrogen) atoms. The molecule has 0 radical (unpaired) electrons. The molecule has 0 saturated heterocycles. The maximum absolute atomic E-state index is 9.13. The first-order chi connectivity index (χ1) is 5.86. The van der Waals surface area contributed by atoms with E-state index in [1.807, 2.05) is 0 Å². The van der Waals surface area contributed by atoms with Gasteiger partial charge in [-0.3, -0.25) is 0 Å². The molecular weight excluding hydrogens is 176 g/mol. The van der Waals surface area contributed by atoms with E-state index >= 15 is 0 Å². The van der Waals surface area contributed by atoms with Gasteiger partial charge >= 0.3 is 5.97 Å². The van der Waals surface area contributed by atoms with Crippen LogP contribution in [0.4, 0.5) is 0 Å². The van der Waals surface area contributed by atoms with Gasteiger partial charge in [0.15, 0.2) is 0 Å². The number of benzene rings is 1. The summed E-state index contributed by atoms with van der Waals surface area (Å²) in [6.45, 7) is 0. The number of hydrogen-bond donors (Lipinski definition) is 5. The van der Waals surface area contributed by atoms with Crippen LogP contribution in [-0.4, -0.2) is 31.5 Å². The molecule has 0 bridgehead atoms. The lowest BCUT2D eigenvalue weighted by Gasteiger charge is -2.29. The van der Waals surface area contributed by atoms with Crippen molar-refractivity contribution in [2.75, 3.05) is 0 Å². The smallest absolute Gasteiger partial charge is 0.337 e. The second-order valence-electron chi connectivity index (χ2n) is 2.67. The average Bonchev–Trinajstić information content (AvgIpc) is 2.04. The second kappa shape index (κ2) is 3.06. The normalized spacial score (nSPS) is 13.0. The Morgan fingerprint density at radius 1 is 0.769 bits per heavy atom. The van der Waals surface area contributed by atoms with E-state index in [2.05, 4.69) is 0 Å². The quantitative estimate of drug-likeness (QED) is 0.360. The molecule has 1 rings (SSSR count). The third kappa shape index (κ3) is 1.85. The van der Waals surface area contributed by atoms with E-state index < -0.39 is 11.8 Å². The summed E-state index contributed by atoms with van der Waals surface area (Å²) in [5.41, 5.74) is -0.220. The lowest BCUT2D eigenvalue weighted by Crippen LogP contribution is -2.51. The molecule has 0 heterocycles. The molecule has 0 atom stereocenters. The first-order valence-electron chi connectivity index (χ1n) is 3.53. The standard InChI is InChI=1S/C8H10O5/c9-7(10,8(11,12)13)6-4-2-1-3-5-6/h1-5,9-13H. The molecule has 0 saturated carbocycles. The van der Waals surface area contributed by atoms with Crippen LogP contribution >= 0.6 is 0 Å². The van der Waals surface area contributed by atoms with Crippen molar-refractivity contribution in [1.82, 2.24) is 0 Å². The minimum absolute atomic E-state index is 0.220. The van der Waals surface area contributed by atoms with Gasteiger partial charge in [-0.05, 0) is 0 Å². The summed E-state index contributed by atoms with van der Waals surface area (Å²) in [7, 11) is 0. The van der Waals surface area contributed by atoms with Crippen molar-refractivity contribution in [2.45, 2.75) is 11.8 Å². The van der Waals surface area contributed by atoms with Gasteiger partial charge in [-0.25, -0.2) is 0 Å². The van der Waals surface area contributed by atoms with E-state index in [1.165, 1.54) is 24.3 Å². The van der Waals surface area contributed by atoms with Crippen LogP contribution in [0.1, 0.15) is 5.56 Å². The molecule has 5 nitrogen and oxygen atoms in total. The lowest BCUT2D eigenvalue weighted by atomic mass is 10.0. The van der Waals surface area contributed by atoms with Crippen LogP contribution < -0.4 is 0 Å². The molecule has 72 valence electrons. The van der Waals surface area contributed by atoms with E-state index in [4.69, 9.17) is 25.5 Å². The highest BCUT2D eigenvalue weighted by molar-refractivity contribution is 5.20. The highest BCUT2D eigenvalue weighted by Gasteiger charge is 2.47. The Bertz CT molecular complexity index is 274. The molecule has 0 unspecified atom stereocenters. The van der Waals surface area contributed by atoms with Crippen molar-refractivity contribution in [3.8, 4) is 0 Å². The number of aliphatic hydroxyl groups is 5. The summed E-state index contributed by atoms with van der Waals surface area (Å²) in [5, 5.41) is 44.1. The molecule has 0 amide bonds. The Labute approximate surface area is 74.1 Å². The van der Waals surface area contributed by atoms with Gasteiger partial charge in [-0.2, -0.15) is 0 Å². The van der Waals surface area contributed by atoms with E-state index in [9.17, 15) is 0 Å². The predicted octanol–water partition coefficient (Wildman–Crippen LogP) is -1.55. The average molecular weight is 186 g/mol. The van der Waals surface area contributed by atoms with Crippen molar-refractivity contribution in [3.63, 3.8) is 0 Å². The van der Waals surface area contributed by atoms with Gasteiger partial charge in [0, 0.05) is 5.56 Å². The van der Waals surface area contributed by atoms with Crippen LogP contribution in [0.25, 0.3) is 0 Å². The molecule has 5 N–H and O–H groups in total. The Hall–Kier alpha value is -0.980. The molecule has 0 aliphatic heterocycles. The molecule has 0 aliphatic rings.